The van der Waals surface area contributed by atoms with Gasteiger partial charge in [0.05, 0.1) is 11.0 Å². The first-order chi connectivity index (χ1) is 7.18. The number of fused-ring (bicyclic) bond motifs is 1. The molecule has 0 spiro atoms. The second kappa shape index (κ2) is 2.95. The highest BCUT2D eigenvalue weighted by molar-refractivity contribution is 7.71. The SMILES string of the molecule is Cc1cccc2[nH]c(=S)n(C3CC3C)c12. The van der Waals surface area contributed by atoms with Crippen LogP contribution in [0, 0.1) is 17.6 Å². The second-order valence-corrected chi connectivity index (χ2v) is 4.94. The zero-order valence-electron chi connectivity index (χ0n) is 8.95. The highest BCUT2D eigenvalue weighted by Crippen LogP contribution is 2.44. The molecule has 3 heteroatoms. The normalized spacial score (nSPS) is 24.7. The number of para-hydroxylation sites is 1. The molecule has 0 radical (unpaired) electrons. The van der Waals surface area contributed by atoms with Crippen molar-refractivity contribution in [2.45, 2.75) is 26.3 Å². The Balaban J connectivity index is 2.36. The average Bonchev–Trinajstić information content (AvgIpc) is 2.77. The van der Waals surface area contributed by atoms with Gasteiger partial charge in [-0.2, -0.15) is 0 Å². The van der Waals surface area contributed by atoms with Crippen LogP contribution in [0.3, 0.4) is 0 Å². The van der Waals surface area contributed by atoms with Crippen molar-refractivity contribution in [3.63, 3.8) is 0 Å². The van der Waals surface area contributed by atoms with Gasteiger partial charge in [-0.05, 0) is 43.1 Å². The molecule has 1 aliphatic rings. The number of aromatic amines is 1. The number of nitrogens with one attached hydrogen (secondary N) is 1. The Morgan fingerprint density at radius 1 is 1.47 bits per heavy atom. The van der Waals surface area contributed by atoms with Crippen LogP contribution in [0.25, 0.3) is 11.0 Å². The molecule has 78 valence electrons. The van der Waals surface area contributed by atoms with Crippen LogP contribution < -0.4 is 0 Å². The number of hydrogen-bond donors (Lipinski definition) is 1. The maximum atomic E-state index is 5.39. The molecule has 0 bridgehead atoms. The fraction of sp³-hybridized carbons (Fsp3) is 0.417. The van der Waals surface area contributed by atoms with Gasteiger partial charge in [-0.3, -0.25) is 0 Å². The van der Waals surface area contributed by atoms with Gasteiger partial charge in [0.15, 0.2) is 4.77 Å². The van der Waals surface area contributed by atoms with Crippen LogP contribution in [0.1, 0.15) is 24.9 Å². The van der Waals surface area contributed by atoms with Gasteiger partial charge in [0.25, 0.3) is 0 Å². The summed E-state index contributed by atoms with van der Waals surface area (Å²) in [6, 6.07) is 6.94. The molecule has 1 aliphatic carbocycles. The molecule has 2 unspecified atom stereocenters. The van der Waals surface area contributed by atoms with Crippen LogP contribution in [-0.2, 0) is 0 Å². The van der Waals surface area contributed by atoms with E-state index in [0.717, 1.165) is 10.7 Å². The van der Waals surface area contributed by atoms with Crippen LogP contribution in [0.15, 0.2) is 18.2 Å². The molecule has 1 saturated carbocycles. The molecule has 15 heavy (non-hydrogen) atoms. The lowest BCUT2D eigenvalue weighted by Gasteiger charge is -2.04. The largest absolute Gasteiger partial charge is 0.331 e. The van der Waals surface area contributed by atoms with E-state index in [1.165, 1.54) is 23.0 Å². The Kier molecular flexibility index (Phi) is 1.80. The lowest BCUT2D eigenvalue weighted by molar-refractivity contribution is 0.694. The molecule has 0 saturated heterocycles. The zero-order chi connectivity index (χ0) is 10.6. The van der Waals surface area contributed by atoms with E-state index in [0.29, 0.717) is 6.04 Å². The lowest BCUT2D eigenvalue weighted by Crippen LogP contribution is -1.96. The quantitative estimate of drug-likeness (QED) is 0.725. The van der Waals surface area contributed by atoms with E-state index in [1.54, 1.807) is 0 Å². The van der Waals surface area contributed by atoms with E-state index in [4.69, 9.17) is 12.2 Å². The monoisotopic (exact) mass is 218 g/mol. The Morgan fingerprint density at radius 3 is 2.87 bits per heavy atom. The fourth-order valence-electron chi connectivity index (χ4n) is 2.34. The van der Waals surface area contributed by atoms with E-state index in [2.05, 4.69) is 41.6 Å². The van der Waals surface area contributed by atoms with E-state index < -0.39 is 0 Å². The minimum atomic E-state index is 0.618. The Hall–Kier alpha value is -1.09. The number of hydrogen-bond acceptors (Lipinski definition) is 1. The summed E-state index contributed by atoms with van der Waals surface area (Å²) in [6.45, 7) is 4.43. The molecule has 1 aromatic heterocycles. The van der Waals surface area contributed by atoms with Gasteiger partial charge in [0.1, 0.15) is 0 Å². The molecule has 3 rings (SSSR count). The first-order valence-corrected chi connectivity index (χ1v) is 5.79. The molecule has 1 aromatic carbocycles. The van der Waals surface area contributed by atoms with Gasteiger partial charge in [-0.25, -0.2) is 0 Å². The number of aromatic nitrogens is 2. The van der Waals surface area contributed by atoms with Crippen LogP contribution >= 0.6 is 12.2 Å². The number of aryl methyl sites for hydroxylation is 1. The molecule has 0 amide bonds. The van der Waals surface area contributed by atoms with Crippen molar-refractivity contribution in [1.29, 1.82) is 0 Å². The summed E-state index contributed by atoms with van der Waals surface area (Å²) >= 11 is 5.39. The standard InChI is InChI=1S/C12H14N2S/c1-7-4-3-5-9-11(7)14(12(15)13-9)10-6-8(10)2/h3-5,8,10H,6H2,1-2H3,(H,13,15). The van der Waals surface area contributed by atoms with E-state index in [9.17, 15) is 0 Å². The topological polar surface area (TPSA) is 20.7 Å². The summed E-state index contributed by atoms with van der Waals surface area (Å²) in [5.41, 5.74) is 3.76. The molecule has 0 aliphatic heterocycles. The van der Waals surface area contributed by atoms with Crippen molar-refractivity contribution < 1.29 is 0 Å². The number of benzene rings is 1. The smallest absolute Gasteiger partial charge is 0.178 e. The van der Waals surface area contributed by atoms with Gasteiger partial charge in [0.2, 0.25) is 0 Å². The van der Waals surface area contributed by atoms with Gasteiger partial charge in [-0.1, -0.05) is 19.1 Å². The third kappa shape index (κ3) is 1.26. The van der Waals surface area contributed by atoms with Gasteiger partial charge in [0, 0.05) is 6.04 Å². The zero-order valence-corrected chi connectivity index (χ0v) is 9.77. The van der Waals surface area contributed by atoms with Crippen LogP contribution in [0.5, 0.6) is 0 Å². The molecule has 2 nitrogen and oxygen atoms in total. The number of rotatable bonds is 1. The predicted molar refractivity (Wildman–Crippen MR) is 64.7 cm³/mol. The molecular formula is C12H14N2S. The van der Waals surface area contributed by atoms with Crippen molar-refractivity contribution >= 4 is 23.3 Å². The first-order valence-electron chi connectivity index (χ1n) is 5.38. The predicted octanol–water partition coefficient (Wildman–Crippen LogP) is 3.59. The van der Waals surface area contributed by atoms with Crippen molar-refractivity contribution in [3.05, 3.63) is 28.5 Å². The molecule has 1 fully saturated rings. The third-order valence-corrected chi connectivity index (χ3v) is 3.64. The van der Waals surface area contributed by atoms with Crippen LogP contribution in [0.4, 0.5) is 0 Å². The van der Waals surface area contributed by atoms with Crippen molar-refractivity contribution in [2.24, 2.45) is 5.92 Å². The molecular weight excluding hydrogens is 204 g/mol. The Bertz CT molecular complexity index is 579. The summed E-state index contributed by atoms with van der Waals surface area (Å²) in [7, 11) is 0. The minimum absolute atomic E-state index is 0.618. The average molecular weight is 218 g/mol. The summed E-state index contributed by atoms with van der Waals surface area (Å²) in [6.07, 6.45) is 1.26. The first kappa shape index (κ1) is 9.16. The molecule has 1 N–H and O–H groups in total. The maximum absolute atomic E-state index is 5.39. The number of nitrogens with zero attached hydrogens (tertiary/aromatic N) is 1. The highest BCUT2D eigenvalue weighted by atomic mass is 32.1. The minimum Gasteiger partial charge on any atom is -0.331 e. The molecule has 2 atom stereocenters. The van der Waals surface area contributed by atoms with Gasteiger partial charge in [-0.15, -0.1) is 0 Å². The number of imidazole rings is 1. The lowest BCUT2D eigenvalue weighted by atomic mass is 10.2. The van der Waals surface area contributed by atoms with Crippen LogP contribution in [-0.4, -0.2) is 9.55 Å². The summed E-state index contributed by atoms with van der Waals surface area (Å²) < 4.78 is 3.17. The van der Waals surface area contributed by atoms with E-state index in [-0.39, 0.29) is 0 Å². The van der Waals surface area contributed by atoms with Gasteiger partial charge < -0.3 is 9.55 Å². The van der Waals surface area contributed by atoms with Crippen LogP contribution in [0.2, 0.25) is 0 Å². The van der Waals surface area contributed by atoms with Crippen molar-refractivity contribution in [2.75, 3.05) is 0 Å². The number of H-pyrrole nitrogens is 1. The third-order valence-electron chi connectivity index (χ3n) is 3.34. The van der Waals surface area contributed by atoms with E-state index in [1.807, 2.05) is 0 Å². The summed E-state index contributed by atoms with van der Waals surface area (Å²) in [5, 5.41) is 0. The highest BCUT2D eigenvalue weighted by Gasteiger charge is 2.35. The molecule has 2 aromatic rings. The van der Waals surface area contributed by atoms with Gasteiger partial charge >= 0.3 is 0 Å². The second-order valence-electron chi connectivity index (χ2n) is 4.55. The maximum Gasteiger partial charge on any atom is 0.178 e. The van der Waals surface area contributed by atoms with Crippen molar-refractivity contribution in [3.8, 4) is 0 Å². The van der Waals surface area contributed by atoms with E-state index >= 15 is 0 Å². The fourth-order valence-corrected chi connectivity index (χ4v) is 2.67. The van der Waals surface area contributed by atoms with Crippen molar-refractivity contribution in [1.82, 2.24) is 9.55 Å². The Labute approximate surface area is 93.9 Å². The Morgan fingerprint density at radius 2 is 2.20 bits per heavy atom. The summed E-state index contributed by atoms with van der Waals surface area (Å²) in [5.74, 6) is 0.773. The summed E-state index contributed by atoms with van der Waals surface area (Å²) in [4.78, 5) is 3.29. The molecule has 1 heterocycles.